The summed E-state index contributed by atoms with van der Waals surface area (Å²) in [5.41, 5.74) is 0.877. The van der Waals surface area contributed by atoms with Crippen molar-refractivity contribution in [1.29, 1.82) is 0 Å². The van der Waals surface area contributed by atoms with Crippen LogP contribution >= 0.6 is 0 Å². The maximum absolute atomic E-state index is 12.9. The molecular formula is C19H19F3N2O2. The van der Waals surface area contributed by atoms with Gasteiger partial charge in [0.25, 0.3) is 0 Å². The van der Waals surface area contributed by atoms with Crippen molar-refractivity contribution >= 4 is 23.2 Å². The van der Waals surface area contributed by atoms with Crippen molar-refractivity contribution in [2.45, 2.75) is 26.4 Å². The smallest absolute Gasteiger partial charge is 0.326 e. The largest absolute Gasteiger partial charge is 0.416 e. The zero-order chi connectivity index (χ0) is 19.3. The van der Waals surface area contributed by atoms with E-state index in [1.54, 1.807) is 18.2 Å². The van der Waals surface area contributed by atoms with Crippen LogP contribution in [-0.4, -0.2) is 18.4 Å². The fourth-order valence-corrected chi connectivity index (χ4v) is 2.48. The first-order chi connectivity index (χ1) is 12.2. The van der Waals surface area contributed by atoms with Crippen molar-refractivity contribution in [1.82, 2.24) is 0 Å². The maximum atomic E-state index is 12.9. The Morgan fingerprint density at radius 1 is 1.08 bits per heavy atom. The molecule has 0 fully saturated rings. The van der Waals surface area contributed by atoms with Gasteiger partial charge < -0.3 is 10.2 Å². The van der Waals surface area contributed by atoms with Crippen LogP contribution in [0.2, 0.25) is 0 Å². The number of benzene rings is 2. The van der Waals surface area contributed by atoms with E-state index in [0.29, 0.717) is 5.69 Å². The van der Waals surface area contributed by atoms with Crippen LogP contribution in [-0.2, 0) is 15.8 Å². The Balaban J connectivity index is 2.07. The van der Waals surface area contributed by atoms with E-state index in [1.165, 1.54) is 19.1 Å². The quantitative estimate of drug-likeness (QED) is 0.855. The van der Waals surface area contributed by atoms with Crippen molar-refractivity contribution in [3.63, 3.8) is 0 Å². The van der Waals surface area contributed by atoms with Crippen LogP contribution in [0.15, 0.2) is 48.5 Å². The number of amides is 2. The van der Waals surface area contributed by atoms with Crippen molar-refractivity contribution in [3.8, 4) is 0 Å². The number of aryl methyl sites for hydroxylation is 1. The molecule has 0 saturated heterocycles. The third-order valence-corrected chi connectivity index (χ3v) is 3.73. The van der Waals surface area contributed by atoms with Gasteiger partial charge in [-0.1, -0.05) is 18.2 Å². The Morgan fingerprint density at radius 2 is 1.77 bits per heavy atom. The van der Waals surface area contributed by atoms with E-state index >= 15 is 0 Å². The topological polar surface area (TPSA) is 49.4 Å². The number of carbonyl (C=O) groups excluding carboxylic acids is 2. The molecule has 0 atom stereocenters. The van der Waals surface area contributed by atoms with E-state index in [0.717, 1.165) is 22.6 Å². The summed E-state index contributed by atoms with van der Waals surface area (Å²) in [7, 11) is 0. The number of hydrogen-bond acceptors (Lipinski definition) is 2. The van der Waals surface area contributed by atoms with E-state index in [1.807, 2.05) is 13.0 Å². The van der Waals surface area contributed by atoms with Crippen molar-refractivity contribution in [2.24, 2.45) is 0 Å². The third kappa shape index (κ3) is 5.34. The number of halogens is 3. The Bertz CT molecular complexity index is 803. The Morgan fingerprint density at radius 3 is 2.38 bits per heavy atom. The van der Waals surface area contributed by atoms with Gasteiger partial charge in [0.15, 0.2) is 0 Å². The molecule has 26 heavy (non-hydrogen) atoms. The molecule has 1 N–H and O–H groups in total. The molecule has 0 spiro atoms. The van der Waals surface area contributed by atoms with Gasteiger partial charge in [0.05, 0.1) is 5.56 Å². The molecular weight excluding hydrogens is 345 g/mol. The lowest BCUT2D eigenvalue weighted by molar-refractivity contribution is -0.137. The van der Waals surface area contributed by atoms with E-state index in [-0.39, 0.29) is 24.6 Å². The van der Waals surface area contributed by atoms with Gasteiger partial charge in [-0.25, -0.2) is 0 Å². The SMILES string of the molecule is CC(=O)N(CCC(=O)Nc1cccc(C)c1)c1cccc(C(F)(F)F)c1. The molecule has 2 aromatic carbocycles. The summed E-state index contributed by atoms with van der Waals surface area (Å²) in [6.45, 7) is 3.12. The average Bonchev–Trinajstić information content (AvgIpc) is 2.54. The molecule has 0 aromatic heterocycles. The predicted molar refractivity (Wildman–Crippen MR) is 93.9 cm³/mol. The normalized spacial score (nSPS) is 11.1. The van der Waals surface area contributed by atoms with Crippen LogP contribution in [0.5, 0.6) is 0 Å². The molecule has 4 nitrogen and oxygen atoms in total. The fraction of sp³-hybridized carbons (Fsp3) is 0.263. The first kappa shape index (κ1) is 19.5. The number of carbonyl (C=O) groups is 2. The molecule has 0 radical (unpaired) electrons. The second-order valence-electron chi connectivity index (χ2n) is 5.89. The number of anilines is 2. The number of alkyl halides is 3. The second kappa shape index (κ2) is 8.03. The van der Waals surface area contributed by atoms with Crippen molar-refractivity contribution < 1.29 is 22.8 Å². The number of rotatable bonds is 5. The molecule has 0 aliphatic carbocycles. The molecule has 0 aliphatic heterocycles. The molecule has 0 heterocycles. The minimum absolute atomic E-state index is 0.0196. The molecule has 2 aromatic rings. The molecule has 0 unspecified atom stereocenters. The Kier molecular flexibility index (Phi) is 6.02. The second-order valence-corrected chi connectivity index (χ2v) is 5.89. The lowest BCUT2D eigenvalue weighted by Gasteiger charge is -2.22. The zero-order valence-corrected chi connectivity index (χ0v) is 14.4. The van der Waals surface area contributed by atoms with E-state index in [2.05, 4.69) is 5.32 Å². The van der Waals surface area contributed by atoms with Gasteiger partial charge in [-0.05, 0) is 42.8 Å². The Labute approximate surface area is 149 Å². The van der Waals surface area contributed by atoms with E-state index < -0.39 is 17.6 Å². The summed E-state index contributed by atoms with van der Waals surface area (Å²) in [4.78, 5) is 25.1. The monoisotopic (exact) mass is 364 g/mol. The van der Waals surface area contributed by atoms with Crippen molar-refractivity contribution in [2.75, 3.05) is 16.8 Å². The minimum Gasteiger partial charge on any atom is -0.326 e. The molecule has 2 rings (SSSR count). The highest BCUT2D eigenvalue weighted by Crippen LogP contribution is 2.31. The molecule has 7 heteroatoms. The van der Waals surface area contributed by atoms with Gasteiger partial charge in [0.2, 0.25) is 11.8 Å². The first-order valence-electron chi connectivity index (χ1n) is 7.98. The van der Waals surface area contributed by atoms with Crippen LogP contribution in [0, 0.1) is 6.92 Å². The number of nitrogens with zero attached hydrogens (tertiary/aromatic N) is 1. The van der Waals surface area contributed by atoms with Gasteiger partial charge in [-0.15, -0.1) is 0 Å². The van der Waals surface area contributed by atoms with Crippen molar-refractivity contribution in [3.05, 3.63) is 59.7 Å². The lowest BCUT2D eigenvalue weighted by atomic mass is 10.1. The minimum atomic E-state index is -4.50. The summed E-state index contributed by atoms with van der Waals surface area (Å²) in [5, 5.41) is 2.71. The molecule has 0 bridgehead atoms. The van der Waals surface area contributed by atoms with Crippen LogP contribution in [0.4, 0.5) is 24.5 Å². The first-order valence-corrected chi connectivity index (χ1v) is 7.98. The standard InChI is InChI=1S/C19H19F3N2O2/c1-13-5-3-7-16(11-13)23-18(26)9-10-24(14(2)25)17-8-4-6-15(12-17)19(20,21)22/h3-8,11-12H,9-10H2,1-2H3,(H,23,26). The van der Waals surface area contributed by atoms with Gasteiger partial charge >= 0.3 is 6.18 Å². The summed E-state index contributed by atoms with van der Waals surface area (Å²) in [6, 6.07) is 11.7. The number of nitrogens with one attached hydrogen (secondary N) is 1. The zero-order valence-electron chi connectivity index (χ0n) is 14.4. The molecule has 2 amide bonds. The van der Waals surface area contributed by atoms with Crippen LogP contribution in [0.25, 0.3) is 0 Å². The lowest BCUT2D eigenvalue weighted by Crippen LogP contribution is -2.32. The third-order valence-electron chi connectivity index (χ3n) is 3.73. The highest BCUT2D eigenvalue weighted by molar-refractivity contribution is 5.94. The summed E-state index contributed by atoms with van der Waals surface area (Å²) < 4.78 is 38.6. The summed E-state index contributed by atoms with van der Waals surface area (Å²) in [6.07, 6.45) is -4.54. The van der Waals surface area contributed by atoms with Crippen LogP contribution < -0.4 is 10.2 Å². The van der Waals surface area contributed by atoms with Gasteiger partial charge in [0, 0.05) is 31.3 Å². The summed E-state index contributed by atoms with van der Waals surface area (Å²) >= 11 is 0. The predicted octanol–water partition coefficient (Wildman–Crippen LogP) is 4.40. The fourth-order valence-electron chi connectivity index (χ4n) is 2.48. The van der Waals surface area contributed by atoms with E-state index in [4.69, 9.17) is 0 Å². The number of hydrogen-bond donors (Lipinski definition) is 1. The van der Waals surface area contributed by atoms with Gasteiger partial charge in [-0.3, -0.25) is 9.59 Å². The highest BCUT2D eigenvalue weighted by atomic mass is 19.4. The van der Waals surface area contributed by atoms with Crippen LogP contribution in [0.3, 0.4) is 0 Å². The Hall–Kier alpha value is -2.83. The highest BCUT2D eigenvalue weighted by Gasteiger charge is 2.31. The van der Waals surface area contributed by atoms with Gasteiger partial charge in [-0.2, -0.15) is 13.2 Å². The molecule has 0 saturated carbocycles. The average molecular weight is 364 g/mol. The van der Waals surface area contributed by atoms with Crippen LogP contribution in [0.1, 0.15) is 24.5 Å². The maximum Gasteiger partial charge on any atom is 0.416 e. The summed E-state index contributed by atoms with van der Waals surface area (Å²) in [5.74, 6) is -0.762. The van der Waals surface area contributed by atoms with Gasteiger partial charge in [0.1, 0.15) is 0 Å². The van der Waals surface area contributed by atoms with E-state index in [9.17, 15) is 22.8 Å². The molecule has 0 aliphatic rings. The molecule has 138 valence electrons.